The molecule has 0 radical (unpaired) electrons. The van der Waals surface area contributed by atoms with E-state index in [9.17, 15) is 14.4 Å². The van der Waals surface area contributed by atoms with Gasteiger partial charge >= 0.3 is 12.2 Å². The Kier molecular flexibility index (Phi) is 5.02. The van der Waals surface area contributed by atoms with Crippen molar-refractivity contribution in [1.82, 2.24) is 14.7 Å². The summed E-state index contributed by atoms with van der Waals surface area (Å²) in [5.74, 6) is 0. The lowest BCUT2D eigenvalue weighted by Gasteiger charge is -2.26. The van der Waals surface area contributed by atoms with Gasteiger partial charge in [0.2, 0.25) is 0 Å². The highest BCUT2D eigenvalue weighted by Crippen LogP contribution is 2.17. The van der Waals surface area contributed by atoms with Crippen LogP contribution in [0.25, 0.3) is 0 Å². The molecule has 0 spiro atoms. The SMILES string of the molecule is CC(C)(C)OC(=O)N1CCc2c(n(C(=O)OC(C)(C)C)[nH]c2=O)CC1. The molecule has 0 unspecified atom stereocenters. The average molecular weight is 353 g/mol. The first-order valence-corrected chi connectivity index (χ1v) is 8.41. The van der Waals surface area contributed by atoms with Crippen LogP contribution in [0.2, 0.25) is 0 Å². The molecule has 25 heavy (non-hydrogen) atoms. The van der Waals surface area contributed by atoms with E-state index in [0.29, 0.717) is 37.2 Å². The van der Waals surface area contributed by atoms with E-state index < -0.39 is 23.4 Å². The van der Waals surface area contributed by atoms with Crippen molar-refractivity contribution in [3.05, 3.63) is 21.6 Å². The molecule has 1 aromatic heterocycles. The molecular formula is C17H27N3O5. The topological polar surface area (TPSA) is 93.6 Å². The summed E-state index contributed by atoms with van der Waals surface area (Å²) in [5, 5.41) is 2.54. The van der Waals surface area contributed by atoms with Gasteiger partial charge in [0.15, 0.2) is 0 Å². The lowest BCUT2D eigenvalue weighted by atomic mass is 10.1. The molecule has 1 N–H and O–H groups in total. The van der Waals surface area contributed by atoms with Crippen molar-refractivity contribution in [2.75, 3.05) is 13.1 Å². The number of hydrogen-bond acceptors (Lipinski definition) is 5. The van der Waals surface area contributed by atoms with Crippen molar-refractivity contribution in [2.45, 2.75) is 65.6 Å². The molecule has 2 rings (SSSR count). The lowest BCUT2D eigenvalue weighted by molar-refractivity contribution is 0.0258. The van der Waals surface area contributed by atoms with Gasteiger partial charge in [0, 0.05) is 25.1 Å². The molecule has 0 aliphatic carbocycles. The summed E-state index contributed by atoms with van der Waals surface area (Å²) in [5.41, 5.74) is -0.508. The number of rotatable bonds is 0. The molecule has 0 bridgehead atoms. The Labute approximate surface area is 147 Å². The van der Waals surface area contributed by atoms with Gasteiger partial charge in [-0.2, -0.15) is 4.68 Å². The molecule has 1 aromatic rings. The third-order valence-electron chi connectivity index (χ3n) is 3.58. The number of ether oxygens (including phenoxy) is 2. The molecular weight excluding hydrogens is 326 g/mol. The van der Waals surface area contributed by atoms with E-state index in [1.54, 1.807) is 46.4 Å². The fourth-order valence-electron chi connectivity index (χ4n) is 2.59. The first kappa shape index (κ1) is 19.1. The third-order valence-corrected chi connectivity index (χ3v) is 3.58. The fourth-order valence-corrected chi connectivity index (χ4v) is 2.59. The second kappa shape index (κ2) is 6.57. The fraction of sp³-hybridized carbons (Fsp3) is 0.706. The van der Waals surface area contributed by atoms with E-state index in [2.05, 4.69) is 5.10 Å². The summed E-state index contributed by atoms with van der Waals surface area (Å²) < 4.78 is 11.9. The first-order chi connectivity index (χ1) is 11.4. The standard InChI is InChI=1S/C17H27N3O5/c1-16(2,3)24-14(22)19-9-7-11-12(8-10-19)20(18-13(11)21)15(23)25-17(4,5)6/h7-10H2,1-6H3,(H,18,21). The first-order valence-electron chi connectivity index (χ1n) is 8.41. The predicted molar refractivity (Wildman–Crippen MR) is 91.9 cm³/mol. The van der Waals surface area contributed by atoms with E-state index in [-0.39, 0.29) is 5.56 Å². The summed E-state index contributed by atoms with van der Waals surface area (Å²) in [6.45, 7) is 11.4. The number of carbonyl (C=O) groups is 2. The van der Waals surface area contributed by atoms with E-state index in [4.69, 9.17) is 9.47 Å². The smallest absolute Gasteiger partial charge is 0.433 e. The van der Waals surface area contributed by atoms with Crippen LogP contribution < -0.4 is 5.56 Å². The molecule has 0 atom stereocenters. The minimum atomic E-state index is -0.668. The van der Waals surface area contributed by atoms with Gasteiger partial charge in [-0.15, -0.1) is 0 Å². The van der Waals surface area contributed by atoms with Crippen LogP contribution >= 0.6 is 0 Å². The van der Waals surface area contributed by atoms with Crippen LogP contribution in [0.3, 0.4) is 0 Å². The Morgan fingerprint density at radius 1 is 0.920 bits per heavy atom. The quantitative estimate of drug-likeness (QED) is 0.772. The number of nitrogens with zero attached hydrogens (tertiary/aromatic N) is 2. The molecule has 8 nitrogen and oxygen atoms in total. The number of fused-ring (bicyclic) bond motifs is 1. The van der Waals surface area contributed by atoms with Crippen LogP contribution in [0.4, 0.5) is 9.59 Å². The highest BCUT2D eigenvalue weighted by molar-refractivity contribution is 5.71. The van der Waals surface area contributed by atoms with Gasteiger partial charge in [-0.05, 0) is 48.0 Å². The van der Waals surface area contributed by atoms with Gasteiger partial charge in [0.05, 0.1) is 5.69 Å². The molecule has 1 amide bonds. The zero-order valence-corrected chi connectivity index (χ0v) is 15.8. The molecule has 0 saturated carbocycles. The monoisotopic (exact) mass is 353 g/mol. The molecule has 1 aliphatic heterocycles. The van der Waals surface area contributed by atoms with Crippen LogP contribution in [0.1, 0.15) is 52.8 Å². The Hall–Kier alpha value is -2.25. The maximum atomic E-state index is 12.3. The maximum Gasteiger partial charge on any atom is 0.433 e. The highest BCUT2D eigenvalue weighted by atomic mass is 16.6. The van der Waals surface area contributed by atoms with Crippen molar-refractivity contribution in [2.24, 2.45) is 0 Å². The van der Waals surface area contributed by atoms with Gasteiger partial charge in [0.25, 0.3) is 5.56 Å². The minimum Gasteiger partial charge on any atom is -0.444 e. The summed E-state index contributed by atoms with van der Waals surface area (Å²) in [6.07, 6.45) is -0.318. The second-order valence-corrected chi connectivity index (χ2v) is 8.15. The van der Waals surface area contributed by atoms with E-state index >= 15 is 0 Å². The Bertz CT molecular complexity index is 718. The van der Waals surface area contributed by atoms with Crippen molar-refractivity contribution >= 4 is 12.2 Å². The zero-order valence-electron chi connectivity index (χ0n) is 15.8. The average Bonchev–Trinajstić information content (AvgIpc) is 2.61. The summed E-state index contributed by atoms with van der Waals surface area (Å²) in [6, 6.07) is 0. The van der Waals surface area contributed by atoms with Crippen molar-refractivity contribution in [3.8, 4) is 0 Å². The Morgan fingerprint density at radius 2 is 1.44 bits per heavy atom. The number of carbonyl (C=O) groups excluding carboxylic acids is 2. The van der Waals surface area contributed by atoms with Crippen LogP contribution in [-0.4, -0.2) is 51.2 Å². The van der Waals surface area contributed by atoms with E-state index in [1.807, 2.05) is 0 Å². The van der Waals surface area contributed by atoms with Crippen LogP contribution in [0.15, 0.2) is 4.79 Å². The third kappa shape index (κ3) is 4.87. The summed E-state index contributed by atoms with van der Waals surface area (Å²) >= 11 is 0. The number of H-pyrrole nitrogens is 1. The summed E-state index contributed by atoms with van der Waals surface area (Å²) in [4.78, 5) is 38.3. The van der Waals surface area contributed by atoms with Gasteiger partial charge in [-0.25, -0.2) is 9.59 Å². The van der Waals surface area contributed by atoms with Gasteiger partial charge in [0.1, 0.15) is 11.2 Å². The van der Waals surface area contributed by atoms with Crippen LogP contribution in [0, 0.1) is 0 Å². The number of nitrogens with one attached hydrogen (secondary N) is 1. The van der Waals surface area contributed by atoms with Crippen molar-refractivity contribution in [3.63, 3.8) is 0 Å². The Balaban J connectivity index is 2.19. The number of hydrogen-bond donors (Lipinski definition) is 1. The van der Waals surface area contributed by atoms with Crippen molar-refractivity contribution in [1.29, 1.82) is 0 Å². The van der Waals surface area contributed by atoms with E-state index in [0.717, 1.165) is 4.68 Å². The van der Waals surface area contributed by atoms with Gasteiger partial charge in [-0.3, -0.25) is 9.89 Å². The van der Waals surface area contributed by atoms with E-state index in [1.165, 1.54) is 0 Å². The molecule has 1 aliphatic rings. The molecule has 0 aromatic carbocycles. The minimum absolute atomic E-state index is 0.327. The normalized spacial score (nSPS) is 15.4. The van der Waals surface area contributed by atoms with Crippen molar-refractivity contribution < 1.29 is 19.1 Å². The number of aromatic nitrogens is 2. The van der Waals surface area contributed by atoms with Gasteiger partial charge in [-0.1, -0.05) is 0 Å². The Morgan fingerprint density at radius 3 is 2.00 bits per heavy atom. The molecule has 8 heteroatoms. The summed E-state index contributed by atoms with van der Waals surface area (Å²) in [7, 11) is 0. The molecule has 0 fully saturated rings. The predicted octanol–water partition coefficient (Wildman–Crippen LogP) is 2.30. The largest absolute Gasteiger partial charge is 0.444 e. The lowest BCUT2D eigenvalue weighted by Crippen LogP contribution is -2.38. The zero-order chi connectivity index (χ0) is 19.0. The maximum absolute atomic E-state index is 12.3. The van der Waals surface area contributed by atoms with Crippen LogP contribution in [0.5, 0.6) is 0 Å². The second-order valence-electron chi connectivity index (χ2n) is 8.15. The number of amides is 1. The highest BCUT2D eigenvalue weighted by Gasteiger charge is 2.29. The molecule has 140 valence electrons. The van der Waals surface area contributed by atoms with Gasteiger partial charge < -0.3 is 14.4 Å². The molecule has 2 heterocycles. The molecule has 0 saturated heterocycles. The number of aromatic amines is 1. The van der Waals surface area contributed by atoms with Crippen LogP contribution in [-0.2, 0) is 22.3 Å².